The van der Waals surface area contributed by atoms with Crippen LogP contribution in [0.15, 0.2) is 0 Å². The lowest BCUT2D eigenvalue weighted by atomic mass is 10.9. The van der Waals surface area contributed by atoms with Crippen LogP contribution in [0.2, 0.25) is 75.5 Å². The first kappa shape index (κ1) is 51.0. The van der Waals surface area contributed by atoms with Gasteiger partial charge >= 0.3 is 26.4 Å². The van der Waals surface area contributed by atoms with Crippen LogP contribution in [0.25, 0.3) is 0 Å². The molecule has 0 fully saturated rings. The van der Waals surface area contributed by atoms with Gasteiger partial charge in [0.15, 0.2) is 35.2 Å². The average molecular weight is 837 g/mol. The van der Waals surface area contributed by atoms with Gasteiger partial charge in [0.25, 0.3) is 0 Å². The van der Waals surface area contributed by atoms with Gasteiger partial charge in [-0.2, -0.15) is 0 Å². The fraction of sp³-hybridized carbons (Fsp3) is 1.00. The average Bonchev–Trinajstić information content (AvgIpc) is 2.98. The minimum atomic E-state index is -2.89. The molecule has 0 rings (SSSR count). The summed E-state index contributed by atoms with van der Waals surface area (Å²) in [5.41, 5.74) is -1.48. The number of hydrogen-bond acceptors (Lipinski definition) is 12. The molecule has 0 bridgehead atoms. The van der Waals surface area contributed by atoms with Gasteiger partial charge in [-0.25, -0.2) is 0 Å². The Kier molecular flexibility index (Phi) is 25.0. The Morgan fingerprint density at radius 2 is 0.480 bits per heavy atom. The summed E-state index contributed by atoms with van der Waals surface area (Å²) in [4.78, 5) is 0. The van der Waals surface area contributed by atoms with E-state index >= 15 is 0 Å². The Morgan fingerprint density at radius 3 is 0.620 bits per heavy atom. The van der Waals surface area contributed by atoms with Crippen molar-refractivity contribution in [1.29, 1.82) is 0 Å². The highest BCUT2D eigenvalue weighted by Crippen LogP contribution is 2.36. The van der Waals surface area contributed by atoms with E-state index in [1.807, 2.05) is 62.3 Å². The molecule has 0 aromatic rings. The second-order valence-electron chi connectivity index (χ2n) is 13.6. The Morgan fingerprint density at radius 1 is 0.320 bits per heavy atom. The van der Waals surface area contributed by atoms with Crippen molar-refractivity contribution in [2.75, 3.05) is 59.5 Å². The summed E-state index contributed by atoms with van der Waals surface area (Å²) in [6, 6.07) is 4.11. The summed E-state index contributed by atoms with van der Waals surface area (Å²) < 4.78 is 76.8. The molecule has 0 spiro atoms. The van der Waals surface area contributed by atoms with E-state index in [1.165, 1.54) is 0 Å². The SMILES string of the molecule is CCO[Si](CC[Si](C)(C)OC([Si])(O[Si](C)(C)CC[Si](OCC)(OCC)OCC)O[Si](C)(C)CC[Si](OCC)(OCC)OCC)(OCC)OCC. The lowest BCUT2D eigenvalue weighted by Gasteiger charge is -2.46. The van der Waals surface area contributed by atoms with E-state index < -0.39 is 57.0 Å². The Bertz CT molecular complexity index is 730. The Balaban J connectivity index is 6.55. The van der Waals surface area contributed by atoms with Crippen molar-refractivity contribution in [3.63, 3.8) is 0 Å². The van der Waals surface area contributed by atoms with Gasteiger partial charge in [-0.3, -0.25) is 0 Å². The molecule has 0 amide bonds. The van der Waals surface area contributed by atoms with Crippen LogP contribution in [0.3, 0.4) is 0 Å². The second kappa shape index (κ2) is 24.5. The number of hydrogen-bond donors (Lipinski definition) is 0. The van der Waals surface area contributed by atoms with Crippen LogP contribution in [0, 0.1) is 0 Å². The zero-order chi connectivity index (χ0) is 38.6. The van der Waals surface area contributed by atoms with E-state index in [0.717, 1.165) is 18.1 Å². The first-order valence-electron chi connectivity index (χ1n) is 18.9. The molecule has 0 aliphatic rings. The highest BCUT2D eigenvalue weighted by Gasteiger charge is 2.50. The molecule has 0 N–H and O–H groups in total. The van der Waals surface area contributed by atoms with Crippen LogP contribution in [0.1, 0.15) is 62.3 Å². The molecule has 0 aliphatic carbocycles. The van der Waals surface area contributed by atoms with Crippen molar-refractivity contribution in [2.24, 2.45) is 0 Å². The third-order valence-corrected chi connectivity index (χ3v) is 26.0. The zero-order valence-corrected chi connectivity index (χ0v) is 41.5. The van der Waals surface area contributed by atoms with E-state index in [1.54, 1.807) is 0 Å². The van der Waals surface area contributed by atoms with E-state index in [2.05, 4.69) is 49.5 Å². The first-order chi connectivity index (χ1) is 23.3. The van der Waals surface area contributed by atoms with Crippen molar-refractivity contribution < 1.29 is 53.1 Å². The zero-order valence-electron chi connectivity index (χ0n) is 34.5. The summed E-state index contributed by atoms with van der Waals surface area (Å²) in [5, 5.41) is 0. The van der Waals surface area contributed by atoms with E-state index in [0.29, 0.717) is 77.6 Å². The third-order valence-electron chi connectivity index (χ3n) is 7.61. The topological polar surface area (TPSA) is 111 Å². The molecule has 0 atom stereocenters. The fourth-order valence-corrected chi connectivity index (χ4v) is 28.1. The predicted molar refractivity (Wildman–Crippen MR) is 215 cm³/mol. The van der Waals surface area contributed by atoms with Gasteiger partial charge in [0.1, 0.15) is 0 Å². The molecule has 0 aliphatic heterocycles. The van der Waals surface area contributed by atoms with E-state index in [9.17, 15) is 0 Å². The van der Waals surface area contributed by atoms with Crippen LogP contribution < -0.4 is 0 Å². The van der Waals surface area contributed by atoms with Crippen LogP contribution in [0.5, 0.6) is 0 Å². The quantitative estimate of drug-likeness (QED) is 0.0481. The smallest absolute Gasteiger partial charge is 0.375 e. The third kappa shape index (κ3) is 19.6. The number of rotatable bonds is 33. The Labute approximate surface area is 316 Å². The molecule has 299 valence electrons. The largest absolute Gasteiger partial charge is 0.500 e. The molecule has 0 aromatic heterocycles. The van der Waals surface area contributed by atoms with Gasteiger partial charge in [0.05, 0.1) is 0 Å². The van der Waals surface area contributed by atoms with Crippen LogP contribution >= 0.6 is 0 Å². The van der Waals surface area contributed by atoms with Crippen molar-refractivity contribution in [2.45, 2.75) is 143 Å². The highest BCUT2D eigenvalue weighted by molar-refractivity contribution is 6.76. The van der Waals surface area contributed by atoms with Crippen LogP contribution in [0.4, 0.5) is 0 Å². The molecule has 0 aromatic carbocycles. The monoisotopic (exact) mass is 835 g/mol. The molecule has 0 heterocycles. The van der Waals surface area contributed by atoms with E-state index in [-0.39, 0.29) is 0 Å². The minimum absolute atomic E-state index is 0.523. The predicted octanol–water partition coefficient (Wildman–Crippen LogP) is 7.58. The molecule has 50 heavy (non-hydrogen) atoms. The van der Waals surface area contributed by atoms with Crippen molar-refractivity contribution >= 4 is 61.6 Å². The van der Waals surface area contributed by atoms with Crippen LogP contribution in [-0.2, 0) is 53.1 Å². The van der Waals surface area contributed by atoms with Gasteiger partial charge in [-0.15, -0.1) is 0 Å². The summed E-state index contributed by atoms with van der Waals surface area (Å²) in [5.74, 6) is 0. The molecular formula is C31H75O12Si7. The van der Waals surface area contributed by atoms with Crippen molar-refractivity contribution in [3.05, 3.63) is 0 Å². The molecule has 19 heteroatoms. The van der Waals surface area contributed by atoms with Gasteiger partial charge < -0.3 is 53.1 Å². The molecule has 3 radical (unpaired) electrons. The maximum atomic E-state index is 7.04. The van der Waals surface area contributed by atoms with Gasteiger partial charge in [0.2, 0.25) is 5.60 Å². The minimum Gasteiger partial charge on any atom is -0.375 e. The summed E-state index contributed by atoms with van der Waals surface area (Å²) in [7, 11) is -12.2. The van der Waals surface area contributed by atoms with E-state index in [4.69, 9.17) is 53.1 Å². The Hall–Kier alpha value is 1.04. The standard InChI is InChI=1S/C31H75O12Si7/c1-16-32-48(33-17-2,34-18-3)28-25-45(10,11)41-31(44,42-46(12,13)26-29-49(35-19-4,36-20-5)37-21-6)43-47(14,15)27-30-50(38-22-7,39-23-8)40-24-9/h16-30H2,1-15H3. The maximum absolute atomic E-state index is 7.04. The summed E-state index contributed by atoms with van der Waals surface area (Å²) in [6.07, 6.45) is 0. The van der Waals surface area contributed by atoms with Crippen molar-refractivity contribution in [3.8, 4) is 0 Å². The van der Waals surface area contributed by atoms with Crippen LogP contribution in [-0.4, -0.2) is 127 Å². The lowest BCUT2D eigenvalue weighted by Crippen LogP contribution is -2.59. The lowest BCUT2D eigenvalue weighted by molar-refractivity contribution is -0.203. The molecule has 0 unspecified atom stereocenters. The summed E-state index contributed by atoms with van der Waals surface area (Å²) in [6.45, 7) is 35.5. The second-order valence-corrected chi connectivity index (χ2v) is 35.1. The molecule has 0 saturated heterocycles. The highest BCUT2D eigenvalue weighted by atomic mass is 28.4. The molecule has 12 nitrogen and oxygen atoms in total. The summed E-state index contributed by atoms with van der Waals surface area (Å²) >= 11 is 0. The van der Waals surface area contributed by atoms with Gasteiger partial charge in [-0.1, -0.05) is 0 Å². The molecular weight excluding hydrogens is 761 g/mol. The van der Waals surface area contributed by atoms with Crippen molar-refractivity contribution in [1.82, 2.24) is 0 Å². The van der Waals surface area contributed by atoms with Gasteiger partial charge in [0, 0.05) is 77.6 Å². The first-order valence-corrected chi connectivity index (χ1v) is 34.5. The fourth-order valence-electron chi connectivity index (χ4n) is 5.67. The van der Waals surface area contributed by atoms with Gasteiger partial charge in [-0.05, 0) is 120 Å². The maximum Gasteiger partial charge on any atom is 0.500 e. The molecule has 0 saturated carbocycles. The normalized spacial score (nSPS) is 14.2.